The average molecular weight is 279 g/mol. The predicted molar refractivity (Wildman–Crippen MR) is 76.7 cm³/mol. The van der Waals surface area contributed by atoms with Crippen molar-refractivity contribution in [3.63, 3.8) is 0 Å². The molecule has 1 aliphatic rings. The maximum Gasteiger partial charge on any atom is 0.273 e. The first-order chi connectivity index (χ1) is 9.47. The predicted octanol–water partition coefficient (Wildman–Crippen LogP) is 1.77. The Bertz CT molecular complexity index is 483. The van der Waals surface area contributed by atoms with Gasteiger partial charge in [-0.3, -0.25) is 15.0 Å². The molecule has 1 saturated heterocycles. The summed E-state index contributed by atoms with van der Waals surface area (Å²) in [6.45, 7) is 4.64. The number of rotatable bonds is 4. The summed E-state index contributed by atoms with van der Waals surface area (Å²) in [6.07, 6.45) is 1.04. The van der Waals surface area contributed by atoms with Crippen LogP contribution < -0.4 is 10.5 Å². The number of non-ortho nitro benzene ring substituents is 1. The summed E-state index contributed by atoms with van der Waals surface area (Å²) in [5, 5.41) is 10.9. The van der Waals surface area contributed by atoms with Crippen molar-refractivity contribution in [1.82, 2.24) is 4.90 Å². The van der Waals surface area contributed by atoms with E-state index in [4.69, 9.17) is 10.5 Å². The maximum atomic E-state index is 10.9. The van der Waals surface area contributed by atoms with Crippen molar-refractivity contribution < 1.29 is 9.66 Å². The summed E-state index contributed by atoms with van der Waals surface area (Å²) in [4.78, 5) is 12.8. The highest BCUT2D eigenvalue weighted by Gasteiger charge is 2.22. The van der Waals surface area contributed by atoms with Crippen LogP contribution in [0, 0.1) is 16.0 Å². The van der Waals surface area contributed by atoms with Crippen LogP contribution in [0.2, 0.25) is 0 Å². The van der Waals surface area contributed by atoms with Crippen molar-refractivity contribution in [3.05, 3.63) is 33.9 Å². The lowest BCUT2D eigenvalue weighted by molar-refractivity contribution is -0.385. The molecule has 1 aromatic rings. The molecule has 0 bridgehead atoms. The second kappa shape index (κ2) is 6.19. The van der Waals surface area contributed by atoms with Gasteiger partial charge in [0.2, 0.25) is 0 Å². The number of benzene rings is 1. The van der Waals surface area contributed by atoms with E-state index in [0.29, 0.717) is 18.2 Å². The van der Waals surface area contributed by atoms with E-state index in [-0.39, 0.29) is 11.7 Å². The van der Waals surface area contributed by atoms with E-state index < -0.39 is 4.92 Å². The van der Waals surface area contributed by atoms with Crippen molar-refractivity contribution in [2.24, 2.45) is 11.7 Å². The Labute approximate surface area is 118 Å². The molecule has 6 nitrogen and oxygen atoms in total. The van der Waals surface area contributed by atoms with E-state index in [1.807, 2.05) is 6.07 Å². The maximum absolute atomic E-state index is 10.9. The molecule has 2 rings (SSSR count). The second-order valence-electron chi connectivity index (χ2n) is 5.59. The molecule has 0 aliphatic carbocycles. The van der Waals surface area contributed by atoms with E-state index in [9.17, 15) is 10.1 Å². The van der Waals surface area contributed by atoms with E-state index in [0.717, 1.165) is 25.1 Å². The molecule has 2 unspecified atom stereocenters. The van der Waals surface area contributed by atoms with Crippen LogP contribution >= 0.6 is 0 Å². The highest BCUT2D eigenvalue weighted by molar-refractivity contribution is 5.42. The summed E-state index contributed by atoms with van der Waals surface area (Å²) in [5.74, 6) is 1.07. The molecule has 1 aliphatic heterocycles. The average Bonchev–Trinajstić information content (AvgIpc) is 2.36. The molecule has 1 aromatic carbocycles. The Kier molecular flexibility index (Phi) is 4.57. The highest BCUT2D eigenvalue weighted by atomic mass is 16.6. The molecule has 2 atom stereocenters. The fourth-order valence-corrected chi connectivity index (χ4v) is 2.86. The smallest absolute Gasteiger partial charge is 0.273 e. The zero-order chi connectivity index (χ0) is 14.7. The second-order valence-corrected chi connectivity index (χ2v) is 5.59. The fraction of sp³-hybridized carbons (Fsp3) is 0.571. The van der Waals surface area contributed by atoms with Gasteiger partial charge < -0.3 is 10.5 Å². The molecular weight excluding hydrogens is 258 g/mol. The largest absolute Gasteiger partial charge is 0.496 e. The van der Waals surface area contributed by atoms with E-state index in [1.165, 1.54) is 13.2 Å². The number of ether oxygens (including phenoxy) is 1. The number of hydrogen-bond donors (Lipinski definition) is 1. The Balaban J connectivity index is 2.15. The summed E-state index contributed by atoms with van der Waals surface area (Å²) in [6, 6.07) is 5.07. The van der Waals surface area contributed by atoms with Gasteiger partial charge in [-0.05, 0) is 24.0 Å². The molecule has 110 valence electrons. The van der Waals surface area contributed by atoms with Crippen molar-refractivity contribution >= 4 is 5.69 Å². The Hall–Kier alpha value is -1.66. The third kappa shape index (κ3) is 3.68. The molecule has 1 fully saturated rings. The van der Waals surface area contributed by atoms with Crippen LogP contribution in [0.25, 0.3) is 0 Å². The molecule has 0 amide bonds. The van der Waals surface area contributed by atoms with Crippen LogP contribution in [0.4, 0.5) is 5.69 Å². The first kappa shape index (κ1) is 14.7. The summed E-state index contributed by atoms with van der Waals surface area (Å²) >= 11 is 0. The number of piperidine rings is 1. The highest BCUT2D eigenvalue weighted by Crippen LogP contribution is 2.25. The summed E-state index contributed by atoms with van der Waals surface area (Å²) in [5.41, 5.74) is 6.98. The monoisotopic (exact) mass is 279 g/mol. The number of nitro groups is 1. The van der Waals surface area contributed by atoms with E-state index >= 15 is 0 Å². The van der Waals surface area contributed by atoms with Crippen molar-refractivity contribution in [1.29, 1.82) is 0 Å². The molecule has 0 spiro atoms. The van der Waals surface area contributed by atoms with Gasteiger partial charge in [0.1, 0.15) is 5.75 Å². The van der Waals surface area contributed by atoms with E-state index in [1.54, 1.807) is 6.07 Å². The lowest BCUT2D eigenvalue weighted by atomic mass is 9.96. The standard InChI is InChI=1S/C14H21N3O3/c1-10-3-12(15)9-16(7-10)8-11-4-13(17(18)19)6-14(5-11)20-2/h4-6,10,12H,3,7-9,15H2,1-2H3. The molecule has 20 heavy (non-hydrogen) atoms. The summed E-state index contributed by atoms with van der Waals surface area (Å²) < 4.78 is 5.13. The quantitative estimate of drug-likeness (QED) is 0.671. The van der Waals surface area contributed by atoms with Crippen LogP contribution in [0.5, 0.6) is 5.75 Å². The van der Waals surface area contributed by atoms with Crippen LogP contribution in [-0.2, 0) is 6.54 Å². The number of methoxy groups -OCH3 is 1. The van der Waals surface area contributed by atoms with Gasteiger partial charge >= 0.3 is 0 Å². The van der Waals surface area contributed by atoms with Gasteiger partial charge in [0, 0.05) is 31.7 Å². The number of nitrogens with two attached hydrogens (primary N) is 1. The first-order valence-corrected chi connectivity index (χ1v) is 6.78. The van der Waals surface area contributed by atoms with Gasteiger partial charge in [-0.1, -0.05) is 6.92 Å². The zero-order valence-corrected chi connectivity index (χ0v) is 11.9. The molecule has 6 heteroatoms. The van der Waals surface area contributed by atoms with E-state index in [2.05, 4.69) is 11.8 Å². The van der Waals surface area contributed by atoms with Crippen LogP contribution in [0.1, 0.15) is 18.9 Å². The number of nitro benzene ring substituents is 1. The topological polar surface area (TPSA) is 81.6 Å². The van der Waals surface area contributed by atoms with Crippen molar-refractivity contribution in [2.75, 3.05) is 20.2 Å². The van der Waals surface area contributed by atoms with Crippen LogP contribution in [0.15, 0.2) is 18.2 Å². The SMILES string of the molecule is COc1cc(CN2CC(C)CC(N)C2)cc([N+](=O)[O-])c1. The third-order valence-electron chi connectivity index (χ3n) is 3.57. The van der Waals surface area contributed by atoms with Gasteiger partial charge in [0.15, 0.2) is 0 Å². The minimum absolute atomic E-state index is 0.0636. The molecular formula is C14H21N3O3. The van der Waals surface area contributed by atoms with Crippen LogP contribution in [0.3, 0.4) is 0 Å². The normalized spacial score (nSPS) is 23.6. The minimum atomic E-state index is -0.392. The zero-order valence-electron chi connectivity index (χ0n) is 11.9. The summed E-state index contributed by atoms with van der Waals surface area (Å²) in [7, 11) is 1.52. The number of hydrogen-bond acceptors (Lipinski definition) is 5. The molecule has 0 aromatic heterocycles. The van der Waals surface area contributed by atoms with Gasteiger partial charge in [0.25, 0.3) is 5.69 Å². The Morgan fingerprint density at radius 3 is 2.80 bits per heavy atom. The fourth-order valence-electron chi connectivity index (χ4n) is 2.86. The molecule has 1 heterocycles. The minimum Gasteiger partial charge on any atom is -0.496 e. The first-order valence-electron chi connectivity index (χ1n) is 6.78. The number of likely N-dealkylation sites (tertiary alicyclic amines) is 1. The molecule has 0 saturated carbocycles. The van der Waals surface area contributed by atoms with Crippen molar-refractivity contribution in [2.45, 2.75) is 25.9 Å². The van der Waals surface area contributed by atoms with Gasteiger partial charge in [-0.25, -0.2) is 0 Å². The van der Waals surface area contributed by atoms with Gasteiger partial charge in [0.05, 0.1) is 18.1 Å². The lowest BCUT2D eigenvalue weighted by Crippen LogP contribution is -2.45. The van der Waals surface area contributed by atoms with Gasteiger partial charge in [-0.2, -0.15) is 0 Å². The van der Waals surface area contributed by atoms with Crippen LogP contribution in [-0.4, -0.2) is 36.1 Å². The Morgan fingerprint density at radius 2 is 2.20 bits per heavy atom. The lowest BCUT2D eigenvalue weighted by Gasteiger charge is -2.34. The molecule has 0 radical (unpaired) electrons. The third-order valence-corrected chi connectivity index (χ3v) is 3.57. The Morgan fingerprint density at radius 1 is 1.45 bits per heavy atom. The number of nitrogens with zero attached hydrogens (tertiary/aromatic N) is 2. The van der Waals surface area contributed by atoms with Crippen molar-refractivity contribution in [3.8, 4) is 5.75 Å². The van der Waals surface area contributed by atoms with Gasteiger partial charge in [-0.15, -0.1) is 0 Å². The molecule has 2 N–H and O–H groups in total.